The third-order valence-corrected chi connectivity index (χ3v) is 9.94. The minimum Gasteiger partial charge on any atom is -0.463 e. The molecule has 17 nitrogen and oxygen atoms in total. The van der Waals surface area contributed by atoms with E-state index in [1.807, 2.05) is 0 Å². The molecule has 10 atom stereocenters. The molecule has 4 aromatic carbocycles. The zero-order valence-corrected chi connectivity index (χ0v) is 35.4. The first-order valence-electron chi connectivity index (χ1n) is 20.3. The molecule has 2 heterocycles. The molecule has 64 heavy (non-hydrogen) atoms. The molecule has 0 spiro atoms. The predicted octanol–water partition coefficient (Wildman–Crippen LogP) is 4.79. The van der Waals surface area contributed by atoms with Gasteiger partial charge in [-0.2, -0.15) is 0 Å². The minimum atomic E-state index is -1.69. The van der Waals surface area contributed by atoms with E-state index in [1.54, 1.807) is 97.1 Å². The van der Waals surface area contributed by atoms with E-state index in [0.717, 1.165) is 20.8 Å². The average Bonchev–Trinajstić information content (AvgIpc) is 3.30. The topological polar surface area (TPSA) is 204 Å². The van der Waals surface area contributed by atoms with Crippen LogP contribution in [0.2, 0.25) is 0 Å². The number of hydrogen-bond acceptors (Lipinski definition) is 17. The van der Waals surface area contributed by atoms with Crippen molar-refractivity contribution in [1.82, 2.24) is 0 Å². The molecule has 2 fully saturated rings. The normalized spacial score (nSPS) is 25.2. The summed E-state index contributed by atoms with van der Waals surface area (Å²) in [5.74, 6) is -4.77. The maximum Gasteiger partial charge on any atom is 0.338 e. The van der Waals surface area contributed by atoms with Gasteiger partial charge < -0.3 is 52.1 Å². The molecule has 0 bridgehead atoms. The highest BCUT2D eigenvalue weighted by Gasteiger charge is 2.57. The number of benzene rings is 4. The van der Waals surface area contributed by atoms with Crippen molar-refractivity contribution in [2.24, 2.45) is 0 Å². The van der Waals surface area contributed by atoms with Gasteiger partial charge in [0.1, 0.15) is 37.6 Å². The van der Waals surface area contributed by atoms with E-state index >= 15 is 0 Å². The number of rotatable bonds is 17. The second kappa shape index (κ2) is 22.7. The Morgan fingerprint density at radius 2 is 0.891 bits per heavy atom. The molecule has 17 heteroatoms. The lowest BCUT2D eigenvalue weighted by Gasteiger charge is -2.49. The Hall–Kier alpha value is -6.50. The number of esters is 6. The quantitative estimate of drug-likeness (QED) is 0.103. The van der Waals surface area contributed by atoms with E-state index in [4.69, 9.17) is 52.1 Å². The van der Waals surface area contributed by atoms with E-state index in [2.05, 4.69) is 0 Å². The highest BCUT2D eigenvalue weighted by atomic mass is 16.8. The van der Waals surface area contributed by atoms with Gasteiger partial charge in [0.25, 0.3) is 0 Å². The summed E-state index contributed by atoms with van der Waals surface area (Å²) in [6, 6.07) is 33.0. The van der Waals surface area contributed by atoms with Crippen molar-refractivity contribution in [3.05, 3.63) is 144 Å². The third kappa shape index (κ3) is 12.6. The molecule has 0 radical (unpaired) electrons. The Labute approximate surface area is 368 Å². The van der Waals surface area contributed by atoms with Gasteiger partial charge in [-0.05, 0) is 42.0 Å². The molecule has 6 rings (SSSR count). The van der Waals surface area contributed by atoms with Crippen LogP contribution in [0.5, 0.6) is 0 Å². The minimum absolute atomic E-state index is 0.117. The fraction of sp³-hybridized carbons (Fsp3) is 0.362. The first kappa shape index (κ1) is 47.0. The standard InChI is InChI=1S/C47H48O17/c1-28(48)55-26-35-37(58-29(2)49)39(59-30(3)50)41(56-25-31-17-9-5-10-18-31)47(61-35)64-40-38(62-44(52)33-21-13-7-14-22-33)36(27-57-43(51)32-19-11-6-12-20-32)60-46(54-4)42(40)63-45(53)34-23-15-8-16-24-34/h5-24,35-42,46-47H,25-27H2,1-4H3/t35-,36-,37-,38-,39+,40+,41-,42-,46+,47-/m1/s1. The Bertz CT molecular complexity index is 2170. The van der Waals surface area contributed by atoms with Crippen molar-refractivity contribution in [2.75, 3.05) is 20.3 Å². The van der Waals surface area contributed by atoms with Gasteiger partial charge >= 0.3 is 35.8 Å². The Morgan fingerprint density at radius 1 is 0.453 bits per heavy atom. The van der Waals surface area contributed by atoms with Crippen molar-refractivity contribution in [3.63, 3.8) is 0 Å². The highest BCUT2D eigenvalue weighted by Crippen LogP contribution is 2.36. The molecule has 2 aliphatic heterocycles. The Morgan fingerprint density at radius 3 is 1.39 bits per heavy atom. The monoisotopic (exact) mass is 884 g/mol. The summed E-state index contributed by atoms with van der Waals surface area (Å²) in [6.45, 7) is 2.22. The third-order valence-electron chi connectivity index (χ3n) is 9.94. The summed E-state index contributed by atoms with van der Waals surface area (Å²) < 4.78 is 66.5. The largest absolute Gasteiger partial charge is 0.463 e. The van der Waals surface area contributed by atoms with E-state index in [9.17, 15) is 28.8 Å². The molecule has 0 aromatic heterocycles. The summed E-state index contributed by atoms with van der Waals surface area (Å²) in [5.41, 5.74) is 1.13. The van der Waals surface area contributed by atoms with Crippen LogP contribution in [0.15, 0.2) is 121 Å². The Balaban J connectivity index is 1.47. The smallest absolute Gasteiger partial charge is 0.338 e. The molecular formula is C47H48O17. The molecular weight excluding hydrogens is 836 g/mol. The molecule has 4 aromatic rings. The van der Waals surface area contributed by atoms with Crippen LogP contribution < -0.4 is 0 Å². The van der Waals surface area contributed by atoms with Crippen LogP contribution in [0.3, 0.4) is 0 Å². The maximum absolute atomic E-state index is 14.0. The SMILES string of the molecule is CO[C@H]1O[C@H](COC(=O)c2ccccc2)[C@@H](OC(=O)c2ccccc2)[C@H](O[C@H]2O[C@H](COC(C)=O)[C@@H](OC(C)=O)[C@H](OC(C)=O)[C@H]2OCc2ccccc2)[C@H]1OC(=O)c1ccccc1. The zero-order chi connectivity index (χ0) is 45.6. The lowest BCUT2D eigenvalue weighted by molar-refractivity contribution is -0.361. The molecule has 0 saturated carbocycles. The van der Waals surface area contributed by atoms with Crippen molar-refractivity contribution in [2.45, 2.75) is 88.8 Å². The first-order chi connectivity index (χ1) is 30.9. The highest BCUT2D eigenvalue weighted by molar-refractivity contribution is 5.90. The lowest BCUT2D eigenvalue weighted by atomic mass is 9.95. The van der Waals surface area contributed by atoms with Gasteiger partial charge in [-0.3, -0.25) is 14.4 Å². The summed E-state index contributed by atoms with van der Waals surface area (Å²) in [6.07, 6.45) is -15.1. The molecule has 0 N–H and O–H groups in total. The maximum atomic E-state index is 14.0. The van der Waals surface area contributed by atoms with E-state index < -0.39 is 110 Å². The van der Waals surface area contributed by atoms with Crippen LogP contribution >= 0.6 is 0 Å². The van der Waals surface area contributed by atoms with Crippen LogP contribution in [0.4, 0.5) is 0 Å². The first-order valence-corrected chi connectivity index (χ1v) is 20.3. The van der Waals surface area contributed by atoms with Gasteiger partial charge in [0.2, 0.25) is 0 Å². The number of hydrogen-bond donors (Lipinski definition) is 0. The number of ether oxygens (including phenoxy) is 11. The summed E-state index contributed by atoms with van der Waals surface area (Å²) in [5, 5.41) is 0. The van der Waals surface area contributed by atoms with E-state index in [-0.39, 0.29) is 23.3 Å². The summed E-state index contributed by atoms with van der Waals surface area (Å²) in [4.78, 5) is 78.7. The van der Waals surface area contributed by atoms with Crippen molar-refractivity contribution >= 4 is 35.8 Å². The van der Waals surface area contributed by atoms with Crippen LogP contribution in [0.1, 0.15) is 57.4 Å². The second-order valence-corrected chi connectivity index (χ2v) is 14.6. The molecule has 0 unspecified atom stereocenters. The zero-order valence-electron chi connectivity index (χ0n) is 35.4. The number of carbonyl (C=O) groups excluding carboxylic acids is 6. The molecule has 338 valence electrons. The van der Waals surface area contributed by atoms with Gasteiger partial charge in [0, 0.05) is 27.9 Å². The fourth-order valence-corrected chi connectivity index (χ4v) is 7.05. The van der Waals surface area contributed by atoms with Crippen LogP contribution in [0.25, 0.3) is 0 Å². The van der Waals surface area contributed by atoms with Gasteiger partial charge in [0.05, 0.1) is 23.3 Å². The van der Waals surface area contributed by atoms with Crippen LogP contribution in [-0.4, -0.2) is 118 Å². The van der Waals surface area contributed by atoms with Crippen LogP contribution in [0, 0.1) is 0 Å². The molecule has 0 aliphatic carbocycles. The molecule has 2 aliphatic rings. The van der Waals surface area contributed by atoms with Gasteiger partial charge in [-0.15, -0.1) is 0 Å². The number of methoxy groups -OCH3 is 1. The molecule has 2 saturated heterocycles. The fourth-order valence-electron chi connectivity index (χ4n) is 7.05. The second-order valence-electron chi connectivity index (χ2n) is 14.6. The van der Waals surface area contributed by atoms with Crippen LogP contribution in [-0.2, 0) is 73.1 Å². The Kier molecular flexibility index (Phi) is 16.7. The summed E-state index contributed by atoms with van der Waals surface area (Å²) >= 11 is 0. The predicted molar refractivity (Wildman–Crippen MR) is 220 cm³/mol. The van der Waals surface area contributed by atoms with E-state index in [1.165, 1.54) is 31.4 Å². The van der Waals surface area contributed by atoms with Gasteiger partial charge in [-0.1, -0.05) is 84.9 Å². The lowest BCUT2D eigenvalue weighted by Crippen LogP contribution is -2.67. The van der Waals surface area contributed by atoms with Gasteiger partial charge in [-0.25, -0.2) is 14.4 Å². The summed E-state index contributed by atoms with van der Waals surface area (Å²) in [7, 11) is 1.27. The van der Waals surface area contributed by atoms with Crippen molar-refractivity contribution in [3.8, 4) is 0 Å². The van der Waals surface area contributed by atoms with Gasteiger partial charge in [0.15, 0.2) is 37.0 Å². The number of carbonyl (C=O) groups is 6. The average molecular weight is 885 g/mol. The molecule has 0 amide bonds. The van der Waals surface area contributed by atoms with E-state index in [0.29, 0.717) is 5.56 Å². The van der Waals surface area contributed by atoms with Crippen molar-refractivity contribution < 1.29 is 80.9 Å². The van der Waals surface area contributed by atoms with Crippen molar-refractivity contribution in [1.29, 1.82) is 0 Å².